The fourth-order valence-electron chi connectivity index (χ4n) is 4.12. The fourth-order valence-corrected chi connectivity index (χ4v) is 4.12. The summed E-state index contributed by atoms with van der Waals surface area (Å²) in [5, 5.41) is 20.2. The van der Waals surface area contributed by atoms with Gasteiger partial charge in [-0.2, -0.15) is 5.26 Å². The molecule has 2 aromatic heterocycles. The highest BCUT2D eigenvalue weighted by atomic mass is 16.3. The molecule has 0 amide bonds. The Morgan fingerprint density at radius 2 is 2.07 bits per heavy atom. The molecule has 3 aromatic rings. The number of hydrogen-bond donors (Lipinski definition) is 2. The molecular weight excluding hydrogens is 338 g/mol. The average molecular weight is 357 g/mol. The lowest BCUT2D eigenvalue weighted by molar-refractivity contribution is 0.126. The summed E-state index contributed by atoms with van der Waals surface area (Å²) >= 11 is 0. The van der Waals surface area contributed by atoms with Gasteiger partial charge in [-0.3, -0.25) is 14.9 Å². The van der Waals surface area contributed by atoms with E-state index < -0.39 is 0 Å². The fraction of sp³-hybridized carbons (Fsp3) is 0.286. The molecule has 0 unspecified atom stereocenters. The number of hydrogen-bond acceptors (Lipinski definition) is 6. The Hall–Kier alpha value is -3.17. The first-order valence-electron chi connectivity index (χ1n) is 9.18. The molecule has 3 heterocycles. The molecule has 3 N–H and O–H groups in total. The molecule has 6 heteroatoms. The van der Waals surface area contributed by atoms with Crippen LogP contribution < -0.4 is 5.73 Å². The summed E-state index contributed by atoms with van der Waals surface area (Å²) in [5.74, 6) is 0.132. The Morgan fingerprint density at radius 1 is 1.22 bits per heavy atom. The molecule has 5 rings (SSSR count). The van der Waals surface area contributed by atoms with Crippen LogP contribution in [0.3, 0.4) is 0 Å². The molecule has 0 saturated heterocycles. The van der Waals surface area contributed by atoms with E-state index in [-0.39, 0.29) is 5.75 Å². The molecule has 0 bridgehead atoms. The van der Waals surface area contributed by atoms with Crippen molar-refractivity contribution in [3.05, 3.63) is 47.4 Å². The lowest BCUT2D eigenvalue weighted by Crippen LogP contribution is -2.36. The second-order valence-corrected chi connectivity index (χ2v) is 7.37. The van der Waals surface area contributed by atoms with Gasteiger partial charge in [-0.05, 0) is 31.0 Å². The first kappa shape index (κ1) is 16.0. The van der Waals surface area contributed by atoms with Gasteiger partial charge >= 0.3 is 0 Å². The normalized spacial score (nSPS) is 16.9. The van der Waals surface area contributed by atoms with Crippen LogP contribution in [0.4, 0.5) is 5.69 Å². The Labute approximate surface area is 156 Å². The number of anilines is 1. The summed E-state index contributed by atoms with van der Waals surface area (Å²) in [5.41, 5.74) is 11.9. The molecule has 1 aliphatic heterocycles. The van der Waals surface area contributed by atoms with E-state index in [0.717, 1.165) is 35.5 Å². The van der Waals surface area contributed by atoms with E-state index in [4.69, 9.17) is 10.7 Å². The number of phenolic OH excluding ortho intramolecular Hbond substituents is 1. The summed E-state index contributed by atoms with van der Waals surface area (Å²) in [6.07, 6.45) is 6.99. The third-order valence-electron chi connectivity index (χ3n) is 5.83. The minimum absolute atomic E-state index is 0.132. The number of rotatable bonds is 2. The van der Waals surface area contributed by atoms with E-state index in [2.05, 4.69) is 16.0 Å². The van der Waals surface area contributed by atoms with Crippen molar-refractivity contribution < 1.29 is 5.11 Å². The Kier molecular flexibility index (Phi) is 3.52. The van der Waals surface area contributed by atoms with E-state index in [0.29, 0.717) is 28.2 Å². The number of benzene rings is 1. The van der Waals surface area contributed by atoms with Crippen molar-refractivity contribution in [1.29, 1.82) is 5.26 Å². The standard InChI is InChI=1S/C21H19N5O/c22-7-12-6-13(9-24-8-12)15-4-5-18(27)19-20(23)16-10-26(14-2-1-3-14)11-17(16)25-21(15)19/h4-6,8-9,14,27H,1-3,10-11H2,(H2,23,25). The Bertz CT molecular complexity index is 1110. The second kappa shape index (κ2) is 5.93. The number of phenols is 1. The molecule has 0 atom stereocenters. The van der Waals surface area contributed by atoms with E-state index in [1.807, 2.05) is 6.07 Å². The van der Waals surface area contributed by atoms with Crippen molar-refractivity contribution in [1.82, 2.24) is 14.9 Å². The maximum atomic E-state index is 10.5. The topological polar surface area (TPSA) is 99.1 Å². The number of nitriles is 1. The maximum absolute atomic E-state index is 10.5. The molecule has 1 saturated carbocycles. The molecule has 134 valence electrons. The quantitative estimate of drug-likeness (QED) is 0.730. The summed E-state index contributed by atoms with van der Waals surface area (Å²) in [6, 6.07) is 7.97. The first-order valence-corrected chi connectivity index (χ1v) is 9.18. The van der Waals surface area contributed by atoms with Gasteiger partial charge in [0.05, 0.1) is 27.8 Å². The van der Waals surface area contributed by atoms with Crippen LogP contribution in [0.2, 0.25) is 0 Å². The summed E-state index contributed by atoms with van der Waals surface area (Å²) < 4.78 is 0. The van der Waals surface area contributed by atoms with Crippen molar-refractivity contribution in [3.63, 3.8) is 0 Å². The van der Waals surface area contributed by atoms with Crippen LogP contribution in [0.15, 0.2) is 30.6 Å². The SMILES string of the molecule is N#Cc1cncc(-c2ccc(O)c3c(N)c4c(nc23)CN(C2CCC2)C4)c1. The van der Waals surface area contributed by atoms with Crippen molar-refractivity contribution in [2.75, 3.05) is 5.73 Å². The van der Waals surface area contributed by atoms with Gasteiger partial charge in [0.25, 0.3) is 0 Å². The van der Waals surface area contributed by atoms with E-state index in [9.17, 15) is 10.4 Å². The smallest absolute Gasteiger partial charge is 0.127 e. The van der Waals surface area contributed by atoms with Crippen LogP contribution in [0.25, 0.3) is 22.0 Å². The number of nitrogen functional groups attached to an aromatic ring is 1. The molecule has 0 radical (unpaired) electrons. The number of pyridine rings is 2. The zero-order valence-electron chi connectivity index (χ0n) is 14.8. The zero-order chi connectivity index (χ0) is 18.5. The largest absolute Gasteiger partial charge is 0.507 e. The monoisotopic (exact) mass is 357 g/mol. The first-order chi connectivity index (χ1) is 13.2. The number of nitrogens with zero attached hydrogens (tertiary/aromatic N) is 4. The van der Waals surface area contributed by atoms with Crippen LogP contribution in [0.5, 0.6) is 5.75 Å². The van der Waals surface area contributed by atoms with Gasteiger partial charge < -0.3 is 10.8 Å². The lowest BCUT2D eigenvalue weighted by atomic mass is 9.92. The van der Waals surface area contributed by atoms with Crippen molar-refractivity contribution >= 4 is 16.6 Å². The molecule has 1 aliphatic carbocycles. The van der Waals surface area contributed by atoms with E-state index in [1.165, 1.54) is 25.5 Å². The van der Waals surface area contributed by atoms with Gasteiger partial charge in [0.2, 0.25) is 0 Å². The van der Waals surface area contributed by atoms with Gasteiger partial charge in [0.15, 0.2) is 0 Å². The molecule has 6 nitrogen and oxygen atoms in total. The minimum atomic E-state index is 0.132. The highest BCUT2D eigenvalue weighted by Crippen LogP contribution is 2.42. The summed E-state index contributed by atoms with van der Waals surface area (Å²) in [4.78, 5) is 11.5. The Balaban J connectivity index is 1.70. The molecule has 0 spiro atoms. The predicted molar refractivity (Wildman–Crippen MR) is 103 cm³/mol. The third kappa shape index (κ3) is 2.43. The van der Waals surface area contributed by atoms with Gasteiger partial charge in [0, 0.05) is 48.2 Å². The van der Waals surface area contributed by atoms with Gasteiger partial charge in [-0.25, -0.2) is 0 Å². The number of aromatic nitrogens is 2. The van der Waals surface area contributed by atoms with Crippen molar-refractivity contribution in [2.45, 2.75) is 38.4 Å². The third-order valence-corrected chi connectivity index (χ3v) is 5.83. The zero-order valence-corrected chi connectivity index (χ0v) is 14.8. The van der Waals surface area contributed by atoms with E-state index in [1.54, 1.807) is 18.3 Å². The molecule has 27 heavy (non-hydrogen) atoms. The lowest BCUT2D eigenvalue weighted by Gasteiger charge is -2.34. The highest BCUT2D eigenvalue weighted by Gasteiger charge is 2.32. The molecule has 1 fully saturated rings. The average Bonchev–Trinajstić information content (AvgIpc) is 3.04. The molecular formula is C21H19N5O. The summed E-state index contributed by atoms with van der Waals surface area (Å²) in [6.45, 7) is 1.59. The van der Waals surface area contributed by atoms with Crippen molar-refractivity contribution in [2.24, 2.45) is 0 Å². The number of nitrogens with two attached hydrogens (primary N) is 1. The van der Waals surface area contributed by atoms with Gasteiger partial charge in [0.1, 0.15) is 11.8 Å². The van der Waals surface area contributed by atoms with Crippen LogP contribution >= 0.6 is 0 Å². The molecule has 2 aliphatic rings. The van der Waals surface area contributed by atoms with Crippen LogP contribution in [-0.2, 0) is 13.1 Å². The van der Waals surface area contributed by atoms with Crippen molar-refractivity contribution in [3.8, 4) is 22.9 Å². The predicted octanol–water partition coefficient (Wildman–Crippen LogP) is 3.32. The highest BCUT2D eigenvalue weighted by molar-refractivity contribution is 6.04. The van der Waals surface area contributed by atoms with Crippen LogP contribution in [0.1, 0.15) is 36.1 Å². The van der Waals surface area contributed by atoms with Gasteiger partial charge in [-0.15, -0.1) is 0 Å². The number of fused-ring (bicyclic) bond motifs is 2. The van der Waals surface area contributed by atoms with Gasteiger partial charge in [-0.1, -0.05) is 6.42 Å². The van der Waals surface area contributed by atoms with E-state index >= 15 is 0 Å². The second-order valence-electron chi connectivity index (χ2n) is 7.37. The Morgan fingerprint density at radius 3 is 2.81 bits per heavy atom. The van der Waals surface area contributed by atoms with Crippen LogP contribution in [-0.4, -0.2) is 26.0 Å². The van der Waals surface area contributed by atoms with Crippen LogP contribution in [0, 0.1) is 11.3 Å². The summed E-state index contributed by atoms with van der Waals surface area (Å²) in [7, 11) is 0. The maximum Gasteiger partial charge on any atom is 0.127 e. The minimum Gasteiger partial charge on any atom is -0.507 e. The number of aromatic hydroxyl groups is 1. The molecule has 1 aromatic carbocycles.